The quantitative estimate of drug-likeness (QED) is 0.732. The fourth-order valence-corrected chi connectivity index (χ4v) is 2.51. The van der Waals surface area contributed by atoms with Gasteiger partial charge in [0.15, 0.2) is 0 Å². The maximum absolute atomic E-state index is 11.7. The van der Waals surface area contributed by atoms with Crippen LogP contribution in [0.25, 0.3) is 0 Å². The maximum Gasteiger partial charge on any atom is 0.297 e. The number of nitrogen functional groups attached to an aromatic ring is 1. The number of furan rings is 1. The molecule has 0 aliphatic carbocycles. The Morgan fingerprint density at radius 1 is 1.04 bits per heavy atom. The fraction of sp³-hybridized carbons (Fsp3) is 0.286. The molecular formula is C14H18N4O5S. The first-order chi connectivity index (χ1) is 11.2. The largest absolute Gasteiger partial charge is 0.451 e. The van der Waals surface area contributed by atoms with Gasteiger partial charge in [0.05, 0.1) is 17.7 Å². The van der Waals surface area contributed by atoms with Crippen LogP contribution in [0.2, 0.25) is 0 Å². The predicted molar refractivity (Wildman–Crippen MR) is 85.9 cm³/mol. The lowest BCUT2D eigenvalue weighted by atomic mass is 10.3. The van der Waals surface area contributed by atoms with Gasteiger partial charge in [0.25, 0.3) is 10.0 Å². The van der Waals surface area contributed by atoms with Crippen LogP contribution in [0.5, 0.6) is 0 Å². The highest BCUT2D eigenvalue weighted by atomic mass is 32.2. The summed E-state index contributed by atoms with van der Waals surface area (Å²) in [5.74, 6) is 0.524. The van der Waals surface area contributed by atoms with E-state index in [1.165, 1.54) is 18.4 Å². The van der Waals surface area contributed by atoms with Gasteiger partial charge in [0.2, 0.25) is 16.9 Å². The molecule has 24 heavy (non-hydrogen) atoms. The Bertz CT molecular complexity index is 890. The molecule has 0 saturated carbocycles. The first kappa shape index (κ1) is 17.6. The molecule has 3 rings (SSSR count). The molecule has 0 spiro atoms. The normalized spacial score (nSPS) is 11.0. The molecule has 10 heteroatoms. The molecule has 0 fully saturated rings. The third-order valence-electron chi connectivity index (χ3n) is 3.34. The van der Waals surface area contributed by atoms with E-state index in [2.05, 4.69) is 19.6 Å². The molecule has 3 heterocycles. The van der Waals surface area contributed by atoms with E-state index in [1.54, 1.807) is 13.8 Å². The van der Waals surface area contributed by atoms with Crippen molar-refractivity contribution in [3.63, 3.8) is 0 Å². The van der Waals surface area contributed by atoms with Crippen LogP contribution < -0.4 is 10.5 Å². The Morgan fingerprint density at radius 2 is 1.67 bits per heavy atom. The van der Waals surface area contributed by atoms with Gasteiger partial charge in [-0.25, -0.2) is 4.72 Å². The molecule has 0 radical (unpaired) electrons. The second-order valence-electron chi connectivity index (χ2n) is 5.02. The van der Waals surface area contributed by atoms with E-state index < -0.39 is 10.0 Å². The zero-order chi connectivity index (χ0) is 17.9. The summed E-state index contributed by atoms with van der Waals surface area (Å²) in [6.07, 6.45) is 1.28. The molecule has 130 valence electrons. The van der Waals surface area contributed by atoms with Gasteiger partial charge in [-0.1, -0.05) is 10.3 Å². The number of sulfonamides is 1. The number of hydrogen-bond acceptors (Lipinski definition) is 8. The van der Waals surface area contributed by atoms with Crippen LogP contribution in [-0.2, 0) is 10.0 Å². The van der Waals surface area contributed by atoms with Gasteiger partial charge < -0.3 is 19.2 Å². The SMILES string of the molecule is Cc1noc(N)c1C.Cc1noc(NS(=O)(=O)c2ccco2)c1C. The summed E-state index contributed by atoms with van der Waals surface area (Å²) in [6, 6.07) is 2.84. The molecule has 0 atom stereocenters. The van der Waals surface area contributed by atoms with Crippen molar-refractivity contribution in [1.29, 1.82) is 0 Å². The van der Waals surface area contributed by atoms with E-state index in [0.29, 0.717) is 17.1 Å². The smallest absolute Gasteiger partial charge is 0.297 e. The number of aryl methyl sites for hydroxylation is 2. The molecule has 0 bridgehead atoms. The molecule has 9 nitrogen and oxygen atoms in total. The first-order valence-corrected chi connectivity index (χ1v) is 8.38. The van der Waals surface area contributed by atoms with Gasteiger partial charge in [-0.05, 0) is 39.8 Å². The highest BCUT2D eigenvalue weighted by Crippen LogP contribution is 2.21. The van der Waals surface area contributed by atoms with E-state index in [4.69, 9.17) is 14.7 Å². The lowest BCUT2D eigenvalue weighted by molar-refractivity contribution is 0.427. The minimum Gasteiger partial charge on any atom is -0.451 e. The number of anilines is 2. The fourth-order valence-electron chi connectivity index (χ4n) is 1.53. The van der Waals surface area contributed by atoms with Crippen molar-refractivity contribution < 1.29 is 21.9 Å². The van der Waals surface area contributed by atoms with Gasteiger partial charge in [-0.15, -0.1) is 0 Å². The molecular weight excluding hydrogens is 336 g/mol. The Kier molecular flexibility index (Phi) is 4.98. The second kappa shape index (κ2) is 6.79. The van der Waals surface area contributed by atoms with Gasteiger partial charge in [-0.2, -0.15) is 8.42 Å². The number of rotatable bonds is 3. The standard InChI is InChI=1S/C9H10N2O4S.C5H8N2O/c1-6-7(2)10-15-9(6)11-16(12,13)8-4-3-5-14-8;1-3-4(2)7-8-5(3)6/h3-5,11H,1-2H3;6H2,1-2H3. The van der Waals surface area contributed by atoms with Crippen LogP contribution in [0.15, 0.2) is 37.0 Å². The molecule has 0 aliphatic heterocycles. The van der Waals surface area contributed by atoms with Crippen LogP contribution >= 0.6 is 0 Å². The van der Waals surface area contributed by atoms with Crippen molar-refractivity contribution in [3.8, 4) is 0 Å². The van der Waals surface area contributed by atoms with Crippen LogP contribution in [0.4, 0.5) is 11.8 Å². The predicted octanol–water partition coefficient (Wildman–Crippen LogP) is 2.56. The Morgan fingerprint density at radius 3 is 2.04 bits per heavy atom. The number of aromatic nitrogens is 2. The lowest BCUT2D eigenvalue weighted by Crippen LogP contribution is -2.12. The third-order valence-corrected chi connectivity index (χ3v) is 4.55. The molecule has 3 N–H and O–H groups in total. The summed E-state index contributed by atoms with van der Waals surface area (Å²) in [6.45, 7) is 7.17. The van der Waals surface area contributed by atoms with Crippen molar-refractivity contribution in [2.24, 2.45) is 0 Å². The Balaban J connectivity index is 0.000000219. The summed E-state index contributed by atoms with van der Waals surface area (Å²) in [4.78, 5) is 0. The van der Waals surface area contributed by atoms with Crippen molar-refractivity contribution in [1.82, 2.24) is 10.3 Å². The number of nitrogens with two attached hydrogens (primary N) is 1. The zero-order valence-electron chi connectivity index (χ0n) is 13.7. The zero-order valence-corrected chi connectivity index (χ0v) is 14.5. The molecule has 0 unspecified atom stereocenters. The lowest BCUT2D eigenvalue weighted by Gasteiger charge is -2.01. The van der Waals surface area contributed by atoms with Crippen molar-refractivity contribution in [3.05, 3.63) is 40.9 Å². The summed E-state index contributed by atoms with van der Waals surface area (Å²) < 4.78 is 40.0. The summed E-state index contributed by atoms with van der Waals surface area (Å²) in [7, 11) is -3.73. The number of nitrogens with one attached hydrogen (secondary N) is 1. The van der Waals surface area contributed by atoms with Crippen LogP contribution in [-0.4, -0.2) is 18.7 Å². The van der Waals surface area contributed by atoms with Crippen molar-refractivity contribution >= 4 is 21.8 Å². The number of hydrogen-bond donors (Lipinski definition) is 2. The molecule has 3 aromatic heterocycles. The summed E-state index contributed by atoms with van der Waals surface area (Å²) in [5.41, 5.74) is 8.39. The topological polar surface area (TPSA) is 137 Å². The van der Waals surface area contributed by atoms with E-state index in [9.17, 15) is 8.42 Å². The molecule has 0 amide bonds. The van der Waals surface area contributed by atoms with Gasteiger partial charge in [-0.3, -0.25) is 0 Å². The van der Waals surface area contributed by atoms with Crippen molar-refractivity contribution in [2.45, 2.75) is 32.8 Å². The molecule has 0 aliphatic rings. The highest BCUT2D eigenvalue weighted by molar-refractivity contribution is 7.92. The highest BCUT2D eigenvalue weighted by Gasteiger charge is 2.21. The van der Waals surface area contributed by atoms with Crippen LogP contribution in [0, 0.1) is 27.7 Å². The van der Waals surface area contributed by atoms with E-state index in [-0.39, 0.29) is 11.0 Å². The third kappa shape index (κ3) is 3.77. The minimum atomic E-state index is -3.73. The maximum atomic E-state index is 11.7. The monoisotopic (exact) mass is 354 g/mol. The average molecular weight is 354 g/mol. The minimum absolute atomic E-state index is 0.105. The first-order valence-electron chi connectivity index (χ1n) is 6.90. The Labute approximate surface area is 138 Å². The molecule has 0 aromatic carbocycles. The summed E-state index contributed by atoms with van der Waals surface area (Å²) >= 11 is 0. The Hall–Kier alpha value is -2.75. The van der Waals surface area contributed by atoms with Crippen LogP contribution in [0.3, 0.4) is 0 Å². The molecule has 3 aromatic rings. The number of nitrogens with zero attached hydrogens (tertiary/aromatic N) is 2. The summed E-state index contributed by atoms with van der Waals surface area (Å²) in [5, 5.41) is 7.10. The second-order valence-corrected chi connectivity index (χ2v) is 6.63. The molecule has 0 saturated heterocycles. The van der Waals surface area contributed by atoms with Gasteiger partial charge in [0, 0.05) is 11.1 Å². The van der Waals surface area contributed by atoms with E-state index in [1.807, 2.05) is 13.8 Å². The van der Waals surface area contributed by atoms with Crippen LogP contribution in [0.1, 0.15) is 22.5 Å². The van der Waals surface area contributed by atoms with Gasteiger partial charge in [0.1, 0.15) is 0 Å². The van der Waals surface area contributed by atoms with E-state index >= 15 is 0 Å². The average Bonchev–Trinajstić information content (AvgIpc) is 3.24. The van der Waals surface area contributed by atoms with Gasteiger partial charge >= 0.3 is 0 Å². The van der Waals surface area contributed by atoms with E-state index in [0.717, 1.165) is 11.3 Å². The van der Waals surface area contributed by atoms with Crippen molar-refractivity contribution in [2.75, 3.05) is 10.5 Å².